The van der Waals surface area contributed by atoms with Gasteiger partial charge in [0.1, 0.15) is 5.01 Å². The number of alkyl halides is 3. The zero-order chi connectivity index (χ0) is 12.2. The third kappa shape index (κ3) is 3.78. The Bertz CT molecular complexity index is 364. The minimum Gasteiger partial charge on any atom is -0.348 e. The van der Waals surface area contributed by atoms with Gasteiger partial charge < -0.3 is 11.1 Å². The van der Waals surface area contributed by atoms with Crippen LogP contribution in [0.5, 0.6) is 0 Å². The molecule has 0 bridgehead atoms. The van der Waals surface area contributed by atoms with Crippen LogP contribution in [0.2, 0.25) is 0 Å². The summed E-state index contributed by atoms with van der Waals surface area (Å²) in [6.45, 7) is 0.214. The second-order valence-corrected chi connectivity index (χ2v) is 3.88. The smallest absolute Gasteiger partial charge is 0.348 e. The van der Waals surface area contributed by atoms with E-state index in [4.69, 9.17) is 5.73 Å². The summed E-state index contributed by atoms with van der Waals surface area (Å²) in [6, 6.07) is 0. The maximum Gasteiger partial charge on any atom is 0.471 e. The Morgan fingerprint density at radius 3 is 2.75 bits per heavy atom. The molecule has 0 fully saturated rings. The predicted octanol–water partition coefficient (Wildman–Crippen LogP) is 0.823. The Hall–Kier alpha value is -1.15. The van der Waals surface area contributed by atoms with Gasteiger partial charge >= 0.3 is 12.1 Å². The van der Waals surface area contributed by atoms with Crippen LogP contribution in [-0.4, -0.2) is 23.6 Å². The van der Waals surface area contributed by atoms with Crippen LogP contribution in [0.15, 0.2) is 5.38 Å². The van der Waals surface area contributed by atoms with E-state index in [0.717, 1.165) is 5.01 Å². The highest BCUT2D eigenvalue weighted by atomic mass is 32.1. The monoisotopic (exact) mass is 253 g/mol. The molecule has 0 aliphatic carbocycles. The van der Waals surface area contributed by atoms with Crippen molar-refractivity contribution in [2.24, 2.45) is 5.73 Å². The van der Waals surface area contributed by atoms with Crippen molar-refractivity contribution in [3.8, 4) is 0 Å². The molecule has 1 aromatic rings. The molecule has 0 unspecified atom stereocenters. The second kappa shape index (κ2) is 5.26. The molecular formula is C8H10F3N3OS. The zero-order valence-corrected chi connectivity index (χ0v) is 8.99. The SMILES string of the molecule is NCc1nc(CCNC(=O)C(F)(F)F)cs1. The first-order valence-corrected chi connectivity index (χ1v) is 5.30. The molecule has 0 radical (unpaired) electrons. The molecule has 1 rings (SSSR count). The van der Waals surface area contributed by atoms with Crippen molar-refractivity contribution in [2.75, 3.05) is 6.54 Å². The maximum absolute atomic E-state index is 11.8. The van der Waals surface area contributed by atoms with Crippen molar-refractivity contribution in [3.05, 3.63) is 16.1 Å². The topological polar surface area (TPSA) is 68.0 Å². The van der Waals surface area contributed by atoms with E-state index in [1.54, 1.807) is 10.7 Å². The number of amides is 1. The molecule has 0 spiro atoms. The lowest BCUT2D eigenvalue weighted by Gasteiger charge is -2.06. The van der Waals surface area contributed by atoms with Gasteiger partial charge in [0.15, 0.2) is 0 Å². The first kappa shape index (κ1) is 12.9. The average molecular weight is 253 g/mol. The number of nitrogens with two attached hydrogens (primary N) is 1. The molecular weight excluding hydrogens is 243 g/mol. The molecule has 16 heavy (non-hydrogen) atoms. The molecule has 8 heteroatoms. The molecule has 0 saturated heterocycles. The van der Waals surface area contributed by atoms with E-state index >= 15 is 0 Å². The Morgan fingerprint density at radius 2 is 2.25 bits per heavy atom. The quantitative estimate of drug-likeness (QED) is 0.834. The van der Waals surface area contributed by atoms with Gasteiger partial charge in [-0.25, -0.2) is 4.98 Å². The average Bonchev–Trinajstić information content (AvgIpc) is 2.64. The van der Waals surface area contributed by atoms with Gasteiger partial charge in [-0.15, -0.1) is 11.3 Å². The number of aromatic nitrogens is 1. The highest BCUT2D eigenvalue weighted by Gasteiger charge is 2.38. The number of nitrogens with zero attached hydrogens (tertiary/aromatic N) is 1. The van der Waals surface area contributed by atoms with Crippen LogP contribution in [0.1, 0.15) is 10.7 Å². The Labute approximate surface area is 93.7 Å². The summed E-state index contributed by atoms with van der Waals surface area (Å²) in [5, 5.41) is 4.20. The minimum atomic E-state index is -4.83. The van der Waals surface area contributed by atoms with E-state index in [9.17, 15) is 18.0 Å². The number of thiazole rings is 1. The van der Waals surface area contributed by atoms with Crippen LogP contribution < -0.4 is 11.1 Å². The summed E-state index contributed by atoms with van der Waals surface area (Å²) in [4.78, 5) is 14.5. The molecule has 1 amide bonds. The second-order valence-electron chi connectivity index (χ2n) is 2.94. The van der Waals surface area contributed by atoms with Crippen LogP contribution in [-0.2, 0) is 17.8 Å². The molecule has 90 valence electrons. The van der Waals surface area contributed by atoms with Gasteiger partial charge in [0.25, 0.3) is 0 Å². The number of rotatable bonds is 4. The lowest BCUT2D eigenvalue weighted by atomic mass is 10.3. The summed E-state index contributed by atoms with van der Waals surface area (Å²) in [6.07, 6.45) is -4.57. The molecule has 0 saturated carbocycles. The highest BCUT2D eigenvalue weighted by molar-refractivity contribution is 7.09. The summed E-state index contributed by atoms with van der Waals surface area (Å²) in [7, 11) is 0. The number of carbonyl (C=O) groups excluding carboxylic acids is 1. The standard InChI is InChI=1S/C8H10F3N3OS/c9-8(10,11)7(15)13-2-1-5-4-16-6(3-12)14-5/h4H,1-3,12H2,(H,13,15). The van der Waals surface area contributed by atoms with Crippen molar-refractivity contribution in [1.29, 1.82) is 0 Å². The molecule has 3 N–H and O–H groups in total. The van der Waals surface area contributed by atoms with Gasteiger partial charge in [-0.2, -0.15) is 13.2 Å². The van der Waals surface area contributed by atoms with E-state index in [1.165, 1.54) is 11.3 Å². The Morgan fingerprint density at radius 1 is 1.56 bits per heavy atom. The van der Waals surface area contributed by atoms with Gasteiger partial charge in [0, 0.05) is 24.9 Å². The van der Waals surface area contributed by atoms with E-state index in [2.05, 4.69) is 4.98 Å². The summed E-state index contributed by atoms with van der Waals surface area (Å²) in [5.74, 6) is -1.93. The third-order valence-corrected chi connectivity index (χ3v) is 2.62. The van der Waals surface area contributed by atoms with E-state index in [0.29, 0.717) is 12.2 Å². The number of carbonyl (C=O) groups is 1. The predicted molar refractivity (Wildman–Crippen MR) is 52.8 cm³/mol. The van der Waals surface area contributed by atoms with Crippen molar-refractivity contribution >= 4 is 17.2 Å². The summed E-state index contributed by atoms with van der Waals surface area (Å²) >= 11 is 1.34. The van der Waals surface area contributed by atoms with Crippen LogP contribution in [0.25, 0.3) is 0 Å². The fourth-order valence-corrected chi connectivity index (χ4v) is 1.67. The Kier molecular flexibility index (Phi) is 4.25. The molecule has 0 aromatic carbocycles. The molecule has 4 nitrogen and oxygen atoms in total. The molecule has 0 atom stereocenters. The van der Waals surface area contributed by atoms with E-state index in [-0.39, 0.29) is 13.0 Å². The maximum atomic E-state index is 11.8. The van der Waals surface area contributed by atoms with Gasteiger partial charge in [-0.05, 0) is 0 Å². The first-order valence-electron chi connectivity index (χ1n) is 4.42. The summed E-state index contributed by atoms with van der Waals surface area (Å²) < 4.78 is 35.4. The number of hydrogen-bond donors (Lipinski definition) is 2. The van der Waals surface area contributed by atoms with Crippen LogP contribution in [0.3, 0.4) is 0 Å². The van der Waals surface area contributed by atoms with Crippen LogP contribution in [0.4, 0.5) is 13.2 Å². The number of hydrogen-bond acceptors (Lipinski definition) is 4. The summed E-state index contributed by atoms with van der Waals surface area (Å²) in [5.41, 5.74) is 5.96. The fourth-order valence-electron chi connectivity index (χ4n) is 0.962. The zero-order valence-electron chi connectivity index (χ0n) is 8.17. The largest absolute Gasteiger partial charge is 0.471 e. The lowest BCUT2D eigenvalue weighted by Crippen LogP contribution is -2.37. The fraction of sp³-hybridized carbons (Fsp3) is 0.500. The van der Waals surface area contributed by atoms with Crippen molar-refractivity contribution < 1.29 is 18.0 Å². The first-order chi connectivity index (χ1) is 7.43. The van der Waals surface area contributed by atoms with Crippen LogP contribution >= 0.6 is 11.3 Å². The molecule has 0 aliphatic rings. The lowest BCUT2D eigenvalue weighted by molar-refractivity contribution is -0.173. The van der Waals surface area contributed by atoms with Gasteiger partial charge in [-0.3, -0.25) is 4.79 Å². The number of halogens is 3. The van der Waals surface area contributed by atoms with Crippen molar-refractivity contribution in [3.63, 3.8) is 0 Å². The molecule has 1 aromatic heterocycles. The van der Waals surface area contributed by atoms with Crippen LogP contribution in [0, 0.1) is 0 Å². The van der Waals surface area contributed by atoms with Crippen molar-refractivity contribution in [2.45, 2.75) is 19.1 Å². The van der Waals surface area contributed by atoms with Gasteiger partial charge in [0.2, 0.25) is 0 Å². The van der Waals surface area contributed by atoms with Gasteiger partial charge in [0.05, 0.1) is 5.69 Å². The number of nitrogens with one attached hydrogen (secondary N) is 1. The minimum absolute atomic E-state index is 0.0912. The highest BCUT2D eigenvalue weighted by Crippen LogP contribution is 2.14. The normalized spacial score (nSPS) is 11.5. The third-order valence-electron chi connectivity index (χ3n) is 1.70. The molecule has 1 heterocycles. The van der Waals surface area contributed by atoms with E-state index in [1.807, 2.05) is 0 Å². The van der Waals surface area contributed by atoms with Crippen molar-refractivity contribution in [1.82, 2.24) is 10.3 Å². The molecule has 0 aliphatic heterocycles. The Balaban J connectivity index is 2.33. The van der Waals surface area contributed by atoms with E-state index < -0.39 is 12.1 Å². The van der Waals surface area contributed by atoms with Gasteiger partial charge in [-0.1, -0.05) is 0 Å².